The van der Waals surface area contributed by atoms with Gasteiger partial charge in [0.05, 0.1) is 11.3 Å². The molecule has 0 aliphatic carbocycles. The maximum absolute atomic E-state index is 13.2. The molecule has 0 amide bonds. The Morgan fingerprint density at radius 1 is 1.29 bits per heavy atom. The van der Waals surface area contributed by atoms with E-state index in [0.29, 0.717) is 22.3 Å². The molecule has 0 fully saturated rings. The van der Waals surface area contributed by atoms with Crippen LogP contribution in [0.3, 0.4) is 0 Å². The number of aromatic nitrogens is 3. The van der Waals surface area contributed by atoms with Gasteiger partial charge in [-0.2, -0.15) is 0 Å². The maximum atomic E-state index is 13.2. The summed E-state index contributed by atoms with van der Waals surface area (Å²) < 4.78 is 20.3. The molecule has 0 spiro atoms. The first kappa shape index (κ1) is 16.7. The number of nitrogens with zero attached hydrogens (tertiary/aromatic N) is 3. The van der Waals surface area contributed by atoms with Crippen LogP contribution < -0.4 is 5.63 Å². The second-order valence-corrected chi connectivity index (χ2v) is 5.72. The minimum absolute atomic E-state index is 0. The molecule has 5 nitrogen and oxygen atoms in total. The zero-order chi connectivity index (χ0) is 16.0. The first-order valence-electron chi connectivity index (χ1n) is 6.77. The van der Waals surface area contributed by atoms with Gasteiger partial charge in [0, 0.05) is 30.0 Å². The average molecular weight is 408 g/mol. The van der Waals surface area contributed by atoms with E-state index >= 15 is 0 Å². The van der Waals surface area contributed by atoms with Gasteiger partial charge in [-0.1, -0.05) is 0 Å². The molecule has 0 bridgehead atoms. The van der Waals surface area contributed by atoms with Crippen molar-refractivity contribution in [2.45, 2.75) is 5.03 Å². The number of thioether (sulfide) groups is 1. The molecular formula is C16H11BrFN3O2S. The van der Waals surface area contributed by atoms with E-state index in [4.69, 9.17) is 4.42 Å². The third-order valence-electron chi connectivity index (χ3n) is 3.51. The molecule has 0 unspecified atom stereocenters. The number of fused-ring (bicyclic) bond motifs is 2. The summed E-state index contributed by atoms with van der Waals surface area (Å²) in [5.41, 5.74) is 1.17. The third-order valence-corrected chi connectivity index (χ3v) is 4.18. The Morgan fingerprint density at radius 3 is 2.92 bits per heavy atom. The van der Waals surface area contributed by atoms with Crippen LogP contribution in [0.4, 0.5) is 4.39 Å². The lowest BCUT2D eigenvalue weighted by Gasteiger charge is -1.99. The highest BCUT2D eigenvalue weighted by atomic mass is 79.9. The molecule has 3 aromatic heterocycles. The summed E-state index contributed by atoms with van der Waals surface area (Å²) in [6.45, 7) is 0. The minimum Gasteiger partial charge on any atom is -0.422 e. The minimum atomic E-state index is -0.551. The van der Waals surface area contributed by atoms with E-state index in [0.717, 1.165) is 5.03 Å². The van der Waals surface area contributed by atoms with Gasteiger partial charge in [0.1, 0.15) is 16.4 Å². The molecule has 1 aromatic carbocycles. The molecule has 4 rings (SSSR count). The van der Waals surface area contributed by atoms with Crippen molar-refractivity contribution in [1.29, 1.82) is 0 Å². The summed E-state index contributed by atoms with van der Waals surface area (Å²) in [7, 11) is 0. The Hall–Kier alpha value is -2.19. The molecule has 3 heterocycles. The van der Waals surface area contributed by atoms with Crippen LogP contribution in [-0.4, -0.2) is 20.6 Å². The van der Waals surface area contributed by atoms with E-state index in [9.17, 15) is 9.18 Å². The van der Waals surface area contributed by atoms with Crippen LogP contribution in [0.1, 0.15) is 0 Å². The number of halogens is 2. The molecule has 122 valence electrons. The summed E-state index contributed by atoms with van der Waals surface area (Å²) in [4.78, 5) is 21.0. The summed E-state index contributed by atoms with van der Waals surface area (Å²) in [5.74, 6) is -0.447. The molecular weight excluding hydrogens is 397 g/mol. The predicted octanol–water partition coefficient (Wildman–Crippen LogP) is 3.94. The fraction of sp³-hybridized carbons (Fsp3) is 0.0625. The van der Waals surface area contributed by atoms with Crippen LogP contribution in [0.2, 0.25) is 0 Å². The molecule has 0 N–H and O–H groups in total. The average Bonchev–Trinajstić information content (AvgIpc) is 2.97. The molecule has 8 heteroatoms. The van der Waals surface area contributed by atoms with Crippen molar-refractivity contribution in [1.82, 2.24) is 14.4 Å². The third kappa shape index (κ3) is 2.71. The summed E-state index contributed by atoms with van der Waals surface area (Å²) in [6, 6.07) is 5.75. The lowest BCUT2D eigenvalue weighted by Crippen LogP contribution is -2.02. The van der Waals surface area contributed by atoms with Crippen molar-refractivity contribution < 1.29 is 8.81 Å². The summed E-state index contributed by atoms with van der Waals surface area (Å²) in [5, 5.41) is 1.41. The highest BCUT2D eigenvalue weighted by Crippen LogP contribution is 2.24. The number of hydrogen-bond donors (Lipinski definition) is 0. The smallest absolute Gasteiger partial charge is 0.345 e. The largest absolute Gasteiger partial charge is 0.422 e. The number of rotatable bonds is 2. The molecule has 24 heavy (non-hydrogen) atoms. The van der Waals surface area contributed by atoms with Gasteiger partial charge in [-0.05, 0) is 24.5 Å². The Labute approximate surface area is 150 Å². The van der Waals surface area contributed by atoms with Gasteiger partial charge >= 0.3 is 5.63 Å². The van der Waals surface area contributed by atoms with Gasteiger partial charge in [0.25, 0.3) is 0 Å². The van der Waals surface area contributed by atoms with Gasteiger partial charge in [-0.15, -0.1) is 28.7 Å². The Bertz CT molecular complexity index is 1110. The van der Waals surface area contributed by atoms with Crippen molar-refractivity contribution in [3.05, 3.63) is 59.1 Å². The fourth-order valence-electron chi connectivity index (χ4n) is 2.43. The van der Waals surface area contributed by atoms with Crippen LogP contribution in [0.15, 0.2) is 57.1 Å². The molecule has 0 atom stereocenters. The van der Waals surface area contributed by atoms with Crippen molar-refractivity contribution in [2.24, 2.45) is 0 Å². The standard InChI is InChI=1S/C16H10FN3O2S.BrH/c1-23-15-14-19-12(8-20(14)5-4-18-15)11-6-9-2-3-10(17)7-13(9)22-16(11)21;/h2-8H,1H3;1H. The van der Waals surface area contributed by atoms with Crippen LogP contribution in [0, 0.1) is 5.82 Å². The van der Waals surface area contributed by atoms with Gasteiger partial charge in [-0.25, -0.2) is 19.2 Å². The van der Waals surface area contributed by atoms with Crippen molar-refractivity contribution in [3.8, 4) is 11.3 Å². The van der Waals surface area contributed by atoms with Crippen LogP contribution in [0.25, 0.3) is 27.9 Å². The molecule has 0 aliphatic heterocycles. The van der Waals surface area contributed by atoms with Crippen LogP contribution in [-0.2, 0) is 0 Å². The number of imidazole rings is 1. The lowest BCUT2D eigenvalue weighted by molar-refractivity contribution is 0.556. The van der Waals surface area contributed by atoms with E-state index in [1.54, 1.807) is 30.7 Å². The first-order valence-corrected chi connectivity index (χ1v) is 7.99. The van der Waals surface area contributed by atoms with E-state index in [1.165, 1.54) is 23.9 Å². The van der Waals surface area contributed by atoms with Crippen molar-refractivity contribution in [2.75, 3.05) is 6.26 Å². The van der Waals surface area contributed by atoms with E-state index in [2.05, 4.69) is 9.97 Å². The zero-order valence-corrected chi connectivity index (χ0v) is 14.9. The molecule has 4 aromatic rings. The van der Waals surface area contributed by atoms with Gasteiger partial charge < -0.3 is 8.82 Å². The van der Waals surface area contributed by atoms with Gasteiger partial charge in [0.15, 0.2) is 5.65 Å². The lowest BCUT2D eigenvalue weighted by atomic mass is 10.1. The Balaban J connectivity index is 0.00000169. The quantitative estimate of drug-likeness (QED) is 0.372. The van der Waals surface area contributed by atoms with E-state index in [1.807, 2.05) is 10.7 Å². The van der Waals surface area contributed by atoms with Crippen LogP contribution >= 0.6 is 28.7 Å². The summed E-state index contributed by atoms with van der Waals surface area (Å²) >= 11 is 1.48. The van der Waals surface area contributed by atoms with Gasteiger partial charge in [0.2, 0.25) is 0 Å². The van der Waals surface area contributed by atoms with Crippen molar-refractivity contribution >= 4 is 45.4 Å². The molecule has 0 aliphatic rings. The first-order chi connectivity index (χ1) is 11.2. The number of hydrogen-bond acceptors (Lipinski definition) is 5. The highest BCUT2D eigenvalue weighted by Gasteiger charge is 2.14. The van der Waals surface area contributed by atoms with Crippen molar-refractivity contribution in [3.63, 3.8) is 0 Å². The fourth-order valence-corrected chi connectivity index (χ4v) is 2.93. The second kappa shape index (κ2) is 6.37. The SMILES string of the molecule is Br.CSc1nccn2cc(-c3cc4ccc(F)cc4oc3=O)nc12. The number of benzene rings is 1. The highest BCUT2D eigenvalue weighted by molar-refractivity contribution is 8.93. The van der Waals surface area contributed by atoms with Crippen LogP contribution in [0.5, 0.6) is 0 Å². The monoisotopic (exact) mass is 407 g/mol. The Morgan fingerprint density at radius 2 is 2.12 bits per heavy atom. The maximum Gasteiger partial charge on any atom is 0.345 e. The van der Waals surface area contributed by atoms with E-state index in [-0.39, 0.29) is 22.6 Å². The van der Waals surface area contributed by atoms with Gasteiger partial charge in [-0.3, -0.25) is 0 Å². The topological polar surface area (TPSA) is 60.4 Å². The summed E-state index contributed by atoms with van der Waals surface area (Å²) in [6.07, 6.45) is 7.10. The molecule has 0 radical (unpaired) electrons. The molecule has 0 saturated carbocycles. The molecule has 0 saturated heterocycles. The second-order valence-electron chi connectivity index (χ2n) is 4.92. The van der Waals surface area contributed by atoms with E-state index < -0.39 is 11.4 Å². The zero-order valence-electron chi connectivity index (χ0n) is 12.4. The predicted molar refractivity (Wildman–Crippen MR) is 96.5 cm³/mol. The Kier molecular flexibility index (Phi) is 4.42. The normalized spacial score (nSPS) is 10.9.